The van der Waals surface area contributed by atoms with Crippen LogP contribution in [0.1, 0.15) is 23.0 Å². The Morgan fingerprint density at radius 1 is 1.05 bits per heavy atom. The molecule has 1 fully saturated rings. The lowest BCUT2D eigenvalue weighted by Gasteiger charge is -2.33. The molecule has 38 heavy (non-hydrogen) atoms. The minimum absolute atomic E-state index is 0.0778. The van der Waals surface area contributed by atoms with E-state index in [-0.39, 0.29) is 37.7 Å². The number of piperazine rings is 1. The molecular formula is C25H26N6O5S2. The number of sulfonamides is 1. The van der Waals surface area contributed by atoms with Crippen LogP contribution in [0.15, 0.2) is 59.5 Å². The first-order valence-electron chi connectivity index (χ1n) is 12.0. The van der Waals surface area contributed by atoms with E-state index < -0.39 is 22.0 Å². The van der Waals surface area contributed by atoms with Crippen molar-refractivity contribution in [1.82, 2.24) is 24.0 Å². The number of anilines is 1. The number of nitrogens with one attached hydrogen (secondary N) is 1. The summed E-state index contributed by atoms with van der Waals surface area (Å²) in [6.07, 6.45) is -0.445. The van der Waals surface area contributed by atoms with Crippen LogP contribution in [0.25, 0.3) is 15.3 Å². The quantitative estimate of drug-likeness (QED) is 0.386. The van der Waals surface area contributed by atoms with Crippen molar-refractivity contribution in [3.63, 3.8) is 0 Å². The number of ether oxygens (including phenoxy) is 1. The second-order valence-electron chi connectivity index (χ2n) is 8.62. The van der Waals surface area contributed by atoms with Gasteiger partial charge in [0.15, 0.2) is 0 Å². The molecule has 11 nitrogen and oxygen atoms in total. The van der Waals surface area contributed by atoms with E-state index in [9.17, 15) is 18.0 Å². The molecule has 2 aromatic carbocycles. The van der Waals surface area contributed by atoms with Gasteiger partial charge in [-0.15, -0.1) is 0 Å². The Labute approximate surface area is 223 Å². The van der Waals surface area contributed by atoms with E-state index in [4.69, 9.17) is 4.74 Å². The van der Waals surface area contributed by atoms with Crippen molar-refractivity contribution in [1.29, 1.82) is 0 Å². The predicted molar refractivity (Wildman–Crippen MR) is 143 cm³/mol. The maximum Gasteiger partial charge on any atom is 0.409 e. The number of fused-ring (bicyclic) bond motifs is 1. The zero-order chi connectivity index (χ0) is 26.9. The molecule has 4 aromatic rings. The number of carbonyl (C=O) groups is 2. The van der Waals surface area contributed by atoms with Crippen molar-refractivity contribution in [2.75, 3.05) is 38.1 Å². The minimum Gasteiger partial charge on any atom is -0.450 e. The fourth-order valence-corrected chi connectivity index (χ4v) is 6.48. The van der Waals surface area contributed by atoms with E-state index in [1.807, 2.05) is 31.2 Å². The van der Waals surface area contributed by atoms with Gasteiger partial charge in [-0.25, -0.2) is 18.2 Å². The van der Waals surface area contributed by atoms with E-state index in [1.165, 1.54) is 44.8 Å². The molecule has 3 heterocycles. The molecule has 2 amide bonds. The summed E-state index contributed by atoms with van der Waals surface area (Å²) in [5.41, 5.74) is 1.85. The summed E-state index contributed by atoms with van der Waals surface area (Å²) in [5.74, 6) is 0.0574. The molecule has 0 spiro atoms. The molecule has 198 valence electrons. The monoisotopic (exact) mass is 554 g/mol. The molecule has 1 aliphatic rings. The molecule has 1 saturated heterocycles. The molecule has 0 bridgehead atoms. The fourth-order valence-electron chi connectivity index (χ4n) is 4.13. The zero-order valence-corrected chi connectivity index (χ0v) is 22.5. The molecule has 0 saturated carbocycles. The lowest BCUT2D eigenvalue weighted by Crippen LogP contribution is -2.50. The first kappa shape index (κ1) is 25.8. The summed E-state index contributed by atoms with van der Waals surface area (Å²) in [4.78, 5) is 31.1. The number of aryl methyl sites for hydroxylation is 1. The highest BCUT2D eigenvalue weighted by Gasteiger charge is 2.30. The van der Waals surface area contributed by atoms with E-state index >= 15 is 0 Å². The largest absolute Gasteiger partial charge is 0.450 e. The molecule has 13 heteroatoms. The van der Waals surface area contributed by atoms with Crippen molar-refractivity contribution < 1.29 is 22.7 Å². The van der Waals surface area contributed by atoms with E-state index in [0.717, 1.165) is 10.2 Å². The summed E-state index contributed by atoms with van der Waals surface area (Å²) in [6.45, 7) is 4.64. The molecule has 0 atom stereocenters. The van der Waals surface area contributed by atoms with Crippen molar-refractivity contribution in [3.8, 4) is 5.13 Å². The summed E-state index contributed by atoms with van der Waals surface area (Å²) in [6, 6.07) is 15.3. The third kappa shape index (κ3) is 5.12. The van der Waals surface area contributed by atoms with Crippen LogP contribution in [0.4, 0.5) is 10.6 Å². The van der Waals surface area contributed by atoms with Crippen LogP contribution in [-0.4, -0.2) is 77.2 Å². The topological polar surface area (TPSA) is 127 Å². The molecule has 1 N–H and O–H groups in total. The van der Waals surface area contributed by atoms with Gasteiger partial charge in [0.2, 0.25) is 15.2 Å². The third-order valence-corrected chi connectivity index (χ3v) is 8.98. The highest BCUT2D eigenvalue weighted by Crippen LogP contribution is 2.27. The molecular weight excluding hydrogens is 528 g/mol. The van der Waals surface area contributed by atoms with Crippen LogP contribution in [0.2, 0.25) is 0 Å². The van der Waals surface area contributed by atoms with Gasteiger partial charge in [0.25, 0.3) is 5.91 Å². The number of amides is 2. The van der Waals surface area contributed by atoms with Crippen LogP contribution in [0.5, 0.6) is 0 Å². The third-order valence-electron chi connectivity index (χ3n) is 6.06. The molecule has 1 aliphatic heterocycles. The van der Waals surface area contributed by atoms with Gasteiger partial charge < -0.3 is 15.0 Å². The zero-order valence-electron chi connectivity index (χ0n) is 20.8. The van der Waals surface area contributed by atoms with Crippen molar-refractivity contribution in [2.45, 2.75) is 18.7 Å². The van der Waals surface area contributed by atoms with Gasteiger partial charge in [0.1, 0.15) is 5.82 Å². The number of aromatic nitrogens is 3. The van der Waals surface area contributed by atoms with Crippen LogP contribution < -0.4 is 5.32 Å². The highest BCUT2D eigenvalue weighted by molar-refractivity contribution is 7.89. The van der Waals surface area contributed by atoms with Crippen molar-refractivity contribution in [2.24, 2.45) is 0 Å². The van der Waals surface area contributed by atoms with Crippen LogP contribution >= 0.6 is 11.3 Å². The standard InChI is InChI=1S/C25H26N6O5S2/c1-3-36-25(33)29-12-14-30(15-13-29)38(34,35)19-10-8-18(9-11-19)23(32)27-22-16-17(2)28-31(22)24-26-20-6-4-5-7-21(20)37-24/h4-11,16H,3,12-15H2,1-2H3,(H,27,32). The van der Waals surface area contributed by atoms with Crippen LogP contribution in [-0.2, 0) is 14.8 Å². The number of para-hydroxylation sites is 1. The minimum atomic E-state index is -3.78. The maximum atomic E-state index is 13.1. The predicted octanol–water partition coefficient (Wildman–Crippen LogP) is 3.51. The van der Waals surface area contributed by atoms with Gasteiger partial charge in [-0.05, 0) is 50.2 Å². The summed E-state index contributed by atoms with van der Waals surface area (Å²) in [5, 5.41) is 7.96. The molecule has 0 aliphatic carbocycles. The Morgan fingerprint density at radius 2 is 1.76 bits per heavy atom. The smallest absolute Gasteiger partial charge is 0.409 e. The van der Waals surface area contributed by atoms with Gasteiger partial charge >= 0.3 is 6.09 Å². The maximum absolute atomic E-state index is 13.1. The summed E-state index contributed by atoms with van der Waals surface area (Å²) >= 11 is 1.46. The Balaban J connectivity index is 1.28. The van der Waals surface area contributed by atoms with E-state index in [1.54, 1.807) is 17.7 Å². The van der Waals surface area contributed by atoms with Gasteiger partial charge in [-0.2, -0.15) is 14.1 Å². The molecule has 0 unspecified atom stereocenters. The molecule has 2 aromatic heterocycles. The Morgan fingerprint density at radius 3 is 2.45 bits per heavy atom. The van der Waals surface area contributed by atoms with Gasteiger partial charge in [-0.3, -0.25) is 4.79 Å². The SMILES string of the molecule is CCOC(=O)N1CCN(S(=O)(=O)c2ccc(C(=O)Nc3cc(C)nn3-c3nc4ccccc4s3)cc2)CC1. The molecule has 0 radical (unpaired) electrons. The first-order chi connectivity index (χ1) is 18.3. The number of rotatable bonds is 6. The summed E-state index contributed by atoms with van der Waals surface area (Å²) < 4.78 is 35.1. The number of nitrogens with zero attached hydrogens (tertiary/aromatic N) is 5. The van der Waals surface area contributed by atoms with E-state index in [2.05, 4.69) is 15.4 Å². The molecule has 5 rings (SSSR count). The van der Waals surface area contributed by atoms with Crippen LogP contribution in [0.3, 0.4) is 0 Å². The van der Waals surface area contributed by atoms with Crippen molar-refractivity contribution in [3.05, 3.63) is 65.9 Å². The van der Waals surface area contributed by atoms with Gasteiger partial charge in [0, 0.05) is 37.8 Å². The Hall–Kier alpha value is -3.81. The number of hydrogen-bond acceptors (Lipinski definition) is 8. The second-order valence-corrected chi connectivity index (χ2v) is 11.6. The van der Waals surface area contributed by atoms with Gasteiger partial charge in [0.05, 0.1) is 27.4 Å². The average Bonchev–Trinajstić information content (AvgIpc) is 3.51. The first-order valence-corrected chi connectivity index (χ1v) is 14.3. The second kappa shape index (κ2) is 10.5. The lowest BCUT2D eigenvalue weighted by molar-refractivity contribution is 0.0933. The highest BCUT2D eigenvalue weighted by atomic mass is 32.2. The number of benzene rings is 2. The lowest BCUT2D eigenvalue weighted by atomic mass is 10.2. The van der Waals surface area contributed by atoms with E-state index in [0.29, 0.717) is 22.2 Å². The van der Waals surface area contributed by atoms with Crippen LogP contribution in [0, 0.1) is 6.92 Å². The van der Waals surface area contributed by atoms with Gasteiger partial charge in [-0.1, -0.05) is 23.5 Å². The number of hydrogen-bond donors (Lipinski definition) is 1. The number of carbonyl (C=O) groups excluding carboxylic acids is 2. The fraction of sp³-hybridized carbons (Fsp3) is 0.280. The Kier molecular flexibility index (Phi) is 7.15. The number of thiazole rings is 1. The van der Waals surface area contributed by atoms with Crippen molar-refractivity contribution >= 4 is 49.4 Å². The average molecular weight is 555 g/mol. The normalized spacial score (nSPS) is 14.5. The summed E-state index contributed by atoms with van der Waals surface area (Å²) in [7, 11) is -3.78. The Bertz CT molecular complexity index is 1550.